The summed E-state index contributed by atoms with van der Waals surface area (Å²) in [6.07, 6.45) is -0.191. The number of nitrogens with zero attached hydrogens (tertiary/aromatic N) is 1. The van der Waals surface area contributed by atoms with Gasteiger partial charge in [-0.2, -0.15) is 0 Å². The highest BCUT2D eigenvalue weighted by atomic mass is 16.6. The van der Waals surface area contributed by atoms with Crippen molar-refractivity contribution < 1.29 is 29.0 Å². The van der Waals surface area contributed by atoms with E-state index < -0.39 is 35.1 Å². The predicted molar refractivity (Wildman–Crippen MR) is 143 cm³/mol. The molecule has 2 rings (SSSR count). The van der Waals surface area contributed by atoms with Crippen LogP contribution in [-0.4, -0.2) is 52.7 Å². The van der Waals surface area contributed by atoms with Gasteiger partial charge in [-0.25, -0.2) is 4.79 Å². The Bertz CT molecular complexity index is 1110. The smallest absolute Gasteiger partial charge is 0.408 e. The van der Waals surface area contributed by atoms with Gasteiger partial charge in [-0.05, 0) is 95.5 Å². The zero-order valence-corrected chi connectivity index (χ0v) is 23.0. The molecular weight excluding hydrogens is 474 g/mol. The van der Waals surface area contributed by atoms with E-state index in [-0.39, 0.29) is 12.3 Å². The summed E-state index contributed by atoms with van der Waals surface area (Å²) in [5.41, 5.74) is 0.127. The number of anilines is 1. The zero-order chi connectivity index (χ0) is 28.0. The minimum absolute atomic E-state index is 0.0808. The van der Waals surface area contributed by atoms with Crippen molar-refractivity contribution in [2.45, 2.75) is 72.1 Å². The quantitative estimate of drug-likeness (QED) is 0.438. The maximum absolute atomic E-state index is 13.8. The van der Waals surface area contributed by atoms with Crippen LogP contribution in [0.5, 0.6) is 11.5 Å². The first-order valence-electron chi connectivity index (χ1n) is 12.2. The molecule has 0 bridgehead atoms. The van der Waals surface area contributed by atoms with Gasteiger partial charge in [0.1, 0.15) is 29.7 Å². The fourth-order valence-electron chi connectivity index (χ4n) is 3.70. The van der Waals surface area contributed by atoms with Crippen LogP contribution in [0.4, 0.5) is 10.5 Å². The first-order valence-corrected chi connectivity index (χ1v) is 12.2. The van der Waals surface area contributed by atoms with Gasteiger partial charge in [0.25, 0.3) is 5.91 Å². The van der Waals surface area contributed by atoms with E-state index in [0.29, 0.717) is 29.0 Å². The van der Waals surface area contributed by atoms with Crippen molar-refractivity contribution in [3.8, 4) is 11.5 Å². The van der Waals surface area contributed by atoms with Crippen LogP contribution in [0, 0.1) is 6.92 Å². The van der Waals surface area contributed by atoms with E-state index in [4.69, 9.17) is 9.47 Å². The number of phenolic OH excluding ortho intramolecular Hbond substituents is 1. The Morgan fingerprint density at radius 3 is 2.16 bits per heavy atom. The number of benzene rings is 2. The van der Waals surface area contributed by atoms with Crippen molar-refractivity contribution in [3.05, 3.63) is 53.6 Å². The molecule has 0 aliphatic heterocycles. The summed E-state index contributed by atoms with van der Waals surface area (Å²) in [7, 11) is 1.55. The predicted octanol–water partition coefficient (Wildman–Crippen LogP) is 4.93. The summed E-state index contributed by atoms with van der Waals surface area (Å²) in [4.78, 5) is 41.1. The summed E-state index contributed by atoms with van der Waals surface area (Å²) in [5.74, 6) is -0.182. The summed E-state index contributed by atoms with van der Waals surface area (Å²) < 4.78 is 10.4. The summed E-state index contributed by atoms with van der Waals surface area (Å²) in [5, 5.41) is 15.5. The van der Waals surface area contributed by atoms with E-state index in [9.17, 15) is 19.5 Å². The van der Waals surface area contributed by atoms with Crippen LogP contribution in [-0.2, 0) is 14.3 Å². The summed E-state index contributed by atoms with van der Waals surface area (Å²) in [6, 6.07) is 10.6. The van der Waals surface area contributed by atoms with Gasteiger partial charge in [0.05, 0.1) is 7.11 Å². The molecule has 3 N–H and O–H groups in total. The molecule has 0 aromatic heterocycles. The van der Waals surface area contributed by atoms with E-state index in [1.54, 1.807) is 71.2 Å². The molecule has 9 heteroatoms. The number of aryl methyl sites for hydroxylation is 1. The number of ether oxygens (including phenoxy) is 2. The molecule has 0 saturated carbocycles. The van der Waals surface area contributed by atoms with Crippen LogP contribution >= 0.6 is 0 Å². The van der Waals surface area contributed by atoms with Crippen molar-refractivity contribution in [1.29, 1.82) is 0 Å². The van der Waals surface area contributed by atoms with Gasteiger partial charge in [-0.15, -0.1) is 0 Å². The highest BCUT2D eigenvalue weighted by molar-refractivity contribution is 5.98. The fourth-order valence-corrected chi connectivity index (χ4v) is 3.70. The molecule has 1 atom stereocenters. The molecule has 202 valence electrons. The number of aromatic hydroxyl groups is 1. The molecule has 0 aliphatic carbocycles. The number of alkyl carbamates (subject to hydrolysis) is 1. The molecule has 0 spiro atoms. The third kappa shape index (κ3) is 8.13. The summed E-state index contributed by atoms with van der Waals surface area (Å²) >= 11 is 0. The Labute approximate surface area is 219 Å². The number of amides is 3. The van der Waals surface area contributed by atoms with Gasteiger partial charge in [0, 0.05) is 11.2 Å². The lowest BCUT2D eigenvalue weighted by Gasteiger charge is -2.43. The number of carbonyl (C=O) groups excluding carboxylic acids is 3. The Hall–Kier alpha value is -3.75. The van der Waals surface area contributed by atoms with Gasteiger partial charge >= 0.3 is 6.09 Å². The van der Waals surface area contributed by atoms with E-state index in [0.717, 1.165) is 0 Å². The maximum atomic E-state index is 13.8. The van der Waals surface area contributed by atoms with Crippen molar-refractivity contribution in [2.24, 2.45) is 0 Å². The second kappa shape index (κ2) is 12.0. The lowest BCUT2D eigenvalue weighted by molar-refractivity contribution is -0.145. The molecule has 0 radical (unpaired) electrons. The maximum Gasteiger partial charge on any atom is 0.408 e. The molecule has 0 fully saturated rings. The molecule has 2 aromatic carbocycles. The van der Waals surface area contributed by atoms with Crippen LogP contribution < -0.4 is 15.4 Å². The molecular formula is C28H39N3O6. The van der Waals surface area contributed by atoms with Crippen molar-refractivity contribution in [2.75, 3.05) is 19.0 Å². The van der Waals surface area contributed by atoms with Crippen LogP contribution in [0.15, 0.2) is 42.5 Å². The highest BCUT2D eigenvalue weighted by Crippen LogP contribution is 2.34. The monoisotopic (exact) mass is 513 g/mol. The molecule has 3 amide bonds. The van der Waals surface area contributed by atoms with Gasteiger partial charge in [-0.3, -0.25) is 9.59 Å². The van der Waals surface area contributed by atoms with Crippen LogP contribution in [0.25, 0.3) is 0 Å². The molecule has 37 heavy (non-hydrogen) atoms. The molecule has 2 aromatic rings. The second-order valence-electron chi connectivity index (χ2n) is 10.5. The Morgan fingerprint density at radius 1 is 1.03 bits per heavy atom. The number of hydrogen-bond donors (Lipinski definition) is 3. The van der Waals surface area contributed by atoms with E-state index in [1.165, 1.54) is 11.0 Å². The normalized spacial score (nSPS) is 12.3. The van der Waals surface area contributed by atoms with Gasteiger partial charge in [0.2, 0.25) is 5.91 Å². The van der Waals surface area contributed by atoms with Gasteiger partial charge < -0.3 is 30.1 Å². The number of nitrogens with one attached hydrogen (secondary N) is 2. The Kier molecular flexibility index (Phi) is 9.55. The van der Waals surface area contributed by atoms with Crippen molar-refractivity contribution in [3.63, 3.8) is 0 Å². The third-order valence-corrected chi connectivity index (χ3v) is 5.97. The van der Waals surface area contributed by atoms with Crippen LogP contribution in [0.1, 0.15) is 65.1 Å². The minimum Gasteiger partial charge on any atom is -0.508 e. The molecule has 1 unspecified atom stereocenters. The highest BCUT2D eigenvalue weighted by Gasteiger charge is 2.40. The Morgan fingerprint density at radius 2 is 1.65 bits per heavy atom. The largest absolute Gasteiger partial charge is 0.508 e. The summed E-state index contributed by atoms with van der Waals surface area (Å²) in [6.45, 7) is 12.2. The number of methoxy groups -OCH3 is 1. The zero-order valence-electron chi connectivity index (χ0n) is 23.0. The average molecular weight is 514 g/mol. The topological polar surface area (TPSA) is 117 Å². The van der Waals surface area contributed by atoms with Gasteiger partial charge in [0.15, 0.2) is 0 Å². The van der Waals surface area contributed by atoms with E-state index in [1.807, 2.05) is 20.8 Å². The first kappa shape index (κ1) is 29.5. The standard InChI is InChI=1S/C28H39N3O6/c1-9-28(6,7)31(23(33)17-29-26(35)37-27(3,4)5)24(19-10-15-22(32)18(2)16-19)25(34)30-20-11-13-21(36-8)14-12-20/h10-16,24,32H,9,17H2,1-8H3,(H,29,35)(H,30,34). The molecule has 0 aliphatic rings. The lowest BCUT2D eigenvalue weighted by atomic mass is 9.92. The van der Waals surface area contributed by atoms with Crippen LogP contribution in [0.3, 0.4) is 0 Å². The lowest BCUT2D eigenvalue weighted by Crippen LogP contribution is -2.55. The van der Waals surface area contributed by atoms with Crippen LogP contribution in [0.2, 0.25) is 0 Å². The average Bonchev–Trinajstić information content (AvgIpc) is 2.82. The second-order valence-corrected chi connectivity index (χ2v) is 10.5. The van der Waals surface area contributed by atoms with Crippen molar-refractivity contribution in [1.82, 2.24) is 10.2 Å². The van der Waals surface area contributed by atoms with Crippen molar-refractivity contribution >= 4 is 23.6 Å². The Balaban J connectivity index is 2.49. The van der Waals surface area contributed by atoms with E-state index in [2.05, 4.69) is 10.6 Å². The SMILES string of the molecule is CCC(C)(C)N(C(=O)CNC(=O)OC(C)(C)C)C(C(=O)Nc1ccc(OC)cc1)c1ccc(O)c(C)c1. The van der Waals surface area contributed by atoms with E-state index >= 15 is 0 Å². The number of phenols is 1. The van der Waals surface area contributed by atoms with Gasteiger partial charge in [-0.1, -0.05) is 13.0 Å². The fraction of sp³-hybridized carbons (Fsp3) is 0.464. The number of hydrogen-bond acceptors (Lipinski definition) is 6. The number of rotatable bonds is 9. The number of carbonyl (C=O) groups is 3. The molecule has 0 saturated heterocycles. The first-order chi connectivity index (χ1) is 17.2. The molecule has 9 nitrogen and oxygen atoms in total. The minimum atomic E-state index is -1.05. The third-order valence-electron chi connectivity index (χ3n) is 5.97. The molecule has 0 heterocycles.